The second kappa shape index (κ2) is 6.79. The summed E-state index contributed by atoms with van der Waals surface area (Å²) in [5.74, 6) is 2.77. The van der Waals surface area contributed by atoms with E-state index >= 15 is 0 Å². The molecule has 0 radical (unpaired) electrons. The number of nitrogens with two attached hydrogens (primary N) is 1. The molecule has 0 aliphatic carbocycles. The van der Waals surface area contributed by atoms with Crippen molar-refractivity contribution in [2.45, 2.75) is 58.9 Å². The van der Waals surface area contributed by atoms with Crippen LogP contribution in [0.3, 0.4) is 0 Å². The van der Waals surface area contributed by atoms with E-state index in [1.54, 1.807) is 0 Å². The molecule has 0 amide bonds. The van der Waals surface area contributed by atoms with E-state index in [1.807, 2.05) is 6.07 Å². The lowest BCUT2D eigenvalue weighted by Crippen LogP contribution is -2.10. The molecular formula is C18H27N3. The minimum absolute atomic E-state index is 0.374. The van der Waals surface area contributed by atoms with Crippen molar-refractivity contribution in [2.24, 2.45) is 0 Å². The van der Waals surface area contributed by atoms with Crippen LogP contribution in [0.5, 0.6) is 0 Å². The van der Waals surface area contributed by atoms with Gasteiger partial charge in [0.1, 0.15) is 11.6 Å². The van der Waals surface area contributed by atoms with E-state index in [0.29, 0.717) is 11.8 Å². The van der Waals surface area contributed by atoms with Gasteiger partial charge in [0, 0.05) is 11.8 Å². The number of rotatable bonds is 6. The van der Waals surface area contributed by atoms with E-state index in [2.05, 4.69) is 56.5 Å². The summed E-state index contributed by atoms with van der Waals surface area (Å²) in [5.41, 5.74) is 8.79. The predicted octanol–water partition coefficient (Wildman–Crippen LogP) is 4.54. The van der Waals surface area contributed by atoms with Crippen molar-refractivity contribution in [3.05, 3.63) is 47.4 Å². The molecular weight excluding hydrogens is 258 g/mol. The van der Waals surface area contributed by atoms with Gasteiger partial charge in [-0.1, -0.05) is 58.0 Å². The van der Waals surface area contributed by atoms with Gasteiger partial charge in [0.05, 0.1) is 12.2 Å². The van der Waals surface area contributed by atoms with Crippen molar-refractivity contribution in [1.82, 2.24) is 9.55 Å². The van der Waals surface area contributed by atoms with Gasteiger partial charge in [-0.2, -0.15) is 0 Å². The van der Waals surface area contributed by atoms with Crippen molar-refractivity contribution in [3.8, 4) is 0 Å². The van der Waals surface area contributed by atoms with Crippen LogP contribution in [0.4, 0.5) is 5.82 Å². The van der Waals surface area contributed by atoms with Crippen LogP contribution in [0, 0.1) is 0 Å². The fraction of sp³-hybridized carbons (Fsp3) is 0.500. The molecule has 21 heavy (non-hydrogen) atoms. The molecule has 0 saturated heterocycles. The molecule has 0 saturated carbocycles. The molecule has 0 bridgehead atoms. The molecule has 1 heterocycles. The molecule has 0 aliphatic rings. The largest absolute Gasteiger partial charge is 0.384 e. The van der Waals surface area contributed by atoms with Crippen LogP contribution in [-0.4, -0.2) is 9.55 Å². The maximum atomic E-state index is 6.44. The summed E-state index contributed by atoms with van der Waals surface area (Å²) in [4.78, 5) is 4.89. The summed E-state index contributed by atoms with van der Waals surface area (Å²) in [6, 6.07) is 10.5. The van der Waals surface area contributed by atoms with Crippen LogP contribution in [0.2, 0.25) is 0 Å². The van der Waals surface area contributed by atoms with Gasteiger partial charge in [-0.3, -0.25) is 0 Å². The molecule has 114 valence electrons. The van der Waals surface area contributed by atoms with Gasteiger partial charge in [0.25, 0.3) is 0 Å². The number of nitrogen functional groups attached to an aromatic ring is 1. The van der Waals surface area contributed by atoms with Gasteiger partial charge in [-0.25, -0.2) is 4.98 Å². The lowest BCUT2D eigenvalue weighted by molar-refractivity contribution is 0.624. The first kappa shape index (κ1) is 15.6. The van der Waals surface area contributed by atoms with E-state index in [4.69, 9.17) is 10.7 Å². The number of aromatic nitrogens is 2. The molecule has 2 rings (SSSR count). The number of hydrogen-bond acceptors (Lipinski definition) is 2. The van der Waals surface area contributed by atoms with Crippen LogP contribution in [0.1, 0.15) is 69.5 Å². The third-order valence-electron chi connectivity index (χ3n) is 4.14. The Balaban J connectivity index is 2.43. The first-order valence-electron chi connectivity index (χ1n) is 7.98. The standard InChI is InChI=1S/C18H27N3/c1-5-15(6-2)16-17(19)21(18(20-16)13(3)4)12-14-10-8-7-9-11-14/h7-11,13,15H,5-6,12,19H2,1-4H3. The Morgan fingerprint density at radius 1 is 1.10 bits per heavy atom. The predicted molar refractivity (Wildman–Crippen MR) is 89.6 cm³/mol. The quantitative estimate of drug-likeness (QED) is 0.846. The van der Waals surface area contributed by atoms with Crippen LogP contribution < -0.4 is 5.73 Å². The Kier molecular flexibility index (Phi) is 5.05. The third-order valence-corrected chi connectivity index (χ3v) is 4.14. The average molecular weight is 285 g/mol. The Bertz CT molecular complexity index is 566. The van der Waals surface area contributed by atoms with Gasteiger partial charge >= 0.3 is 0 Å². The summed E-state index contributed by atoms with van der Waals surface area (Å²) in [7, 11) is 0. The Morgan fingerprint density at radius 2 is 1.71 bits per heavy atom. The highest BCUT2D eigenvalue weighted by atomic mass is 15.1. The minimum atomic E-state index is 0.374. The van der Waals surface area contributed by atoms with Gasteiger partial charge in [-0.05, 0) is 18.4 Å². The Hall–Kier alpha value is -1.77. The van der Waals surface area contributed by atoms with Crippen LogP contribution in [0.25, 0.3) is 0 Å². The summed E-state index contributed by atoms with van der Waals surface area (Å²) < 4.78 is 2.19. The normalized spacial score (nSPS) is 11.5. The Labute approximate surface area is 128 Å². The summed E-state index contributed by atoms with van der Waals surface area (Å²) in [6.07, 6.45) is 2.17. The maximum absolute atomic E-state index is 6.44. The summed E-state index contributed by atoms with van der Waals surface area (Å²) in [5, 5.41) is 0. The highest BCUT2D eigenvalue weighted by Crippen LogP contribution is 2.31. The second-order valence-corrected chi connectivity index (χ2v) is 5.98. The van der Waals surface area contributed by atoms with E-state index in [-0.39, 0.29) is 0 Å². The molecule has 0 spiro atoms. The summed E-state index contributed by atoms with van der Waals surface area (Å²) in [6.45, 7) is 9.57. The molecule has 1 aromatic heterocycles. The monoisotopic (exact) mass is 285 g/mol. The number of hydrogen-bond donors (Lipinski definition) is 1. The van der Waals surface area contributed by atoms with Gasteiger partial charge < -0.3 is 10.3 Å². The molecule has 3 heteroatoms. The minimum Gasteiger partial charge on any atom is -0.384 e. The topological polar surface area (TPSA) is 43.8 Å². The first-order valence-corrected chi connectivity index (χ1v) is 7.98. The highest BCUT2D eigenvalue weighted by molar-refractivity contribution is 5.42. The fourth-order valence-electron chi connectivity index (χ4n) is 2.85. The van der Waals surface area contributed by atoms with Crippen LogP contribution in [0.15, 0.2) is 30.3 Å². The van der Waals surface area contributed by atoms with Crippen LogP contribution >= 0.6 is 0 Å². The number of anilines is 1. The molecule has 3 nitrogen and oxygen atoms in total. The second-order valence-electron chi connectivity index (χ2n) is 5.98. The summed E-state index contributed by atoms with van der Waals surface area (Å²) >= 11 is 0. The molecule has 0 fully saturated rings. The molecule has 0 aliphatic heterocycles. The zero-order chi connectivity index (χ0) is 15.4. The molecule has 0 atom stereocenters. The number of imidazole rings is 1. The molecule has 2 N–H and O–H groups in total. The van der Waals surface area contributed by atoms with E-state index < -0.39 is 0 Å². The van der Waals surface area contributed by atoms with E-state index in [1.165, 1.54) is 5.56 Å². The van der Waals surface area contributed by atoms with Gasteiger partial charge in [-0.15, -0.1) is 0 Å². The van der Waals surface area contributed by atoms with E-state index in [9.17, 15) is 0 Å². The zero-order valence-corrected chi connectivity index (χ0v) is 13.6. The van der Waals surface area contributed by atoms with Gasteiger partial charge in [0.15, 0.2) is 0 Å². The zero-order valence-electron chi connectivity index (χ0n) is 13.6. The lowest BCUT2D eigenvalue weighted by Gasteiger charge is -2.13. The van der Waals surface area contributed by atoms with Crippen molar-refractivity contribution in [2.75, 3.05) is 5.73 Å². The maximum Gasteiger partial charge on any atom is 0.127 e. The molecule has 2 aromatic rings. The Morgan fingerprint density at radius 3 is 2.24 bits per heavy atom. The average Bonchev–Trinajstić information content (AvgIpc) is 2.80. The third kappa shape index (κ3) is 3.29. The number of benzene rings is 1. The first-order chi connectivity index (χ1) is 10.1. The van der Waals surface area contributed by atoms with E-state index in [0.717, 1.165) is 36.7 Å². The van der Waals surface area contributed by atoms with Crippen LogP contribution in [-0.2, 0) is 6.54 Å². The highest BCUT2D eigenvalue weighted by Gasteiger charge is 2.21. The van der Waals surface area contributed by atoms with Crippen molar-refractivity contribution in [1.29, 1.82) is 0 Å². The smallest absolute Gasteiger partial charge is 0.127 e. The molecule has 1 aromatic carbocycles. The SMILES string of the molecule is CCC(CC)c1nc(C(C)C)n(Cc2ccccc2)c1N. The number of nitrogens with zero attached hydrogens (tertiary/aromatic N) is 2. The van der Waals surface area contributed by atoms with Crippen molar-refractivity contribution in [3.63, 3.8) is 0 Å². The fourth-order valence-corrected chi connectivity index (χ4v) is 2.85. The van der Waals surface area contributed by atoms with Crippen molar-refractivity contribution < 1.29 is 0 Å². The van der Waals surface area contributed by atoms with Gasteiger partial charge in [0.2, 0.25) is 0 Å². The lowest BCUT2D eigenvalue weighted by atomic mass is 9.99. The molecule has 0 unspecified atom stereocenters. The van der Waals surface area contributed by atoms with Crippen molar-refractivity contribution >= 4 is 5.82 Å².